The zero-order valence-electron chi connectivity index (χ0n) is 16.2. The van der Waals surface area contributed by atoms with E-state index in [4.69, 9.17) is 25.8 Å². The van der Waals surface area contributed by atoms with Crippen molar-refractivity contribution in [3.63, 3.8) is 0 Å². The molecule has 0 atom stereocenters. The highest BCUT2D eigenvalue weighted by molar-refractivity contribution is 6.30. The molecule has 2 aromatic carbocycles. The summed E-state index contributed by atoms with van der Waals surface area (Å²) in [5, 5.41) is 3.38. The van der Waals surface area contributed by atoms with Crippen LogP contribution < -0.4 is 15.0 Å². The summed E-state index contributed by atoms with van der Waals surface area (Å²) in [5.74, 6) is -0.136. The highest BCUT2D eigenvalue weighted by atomic mass is 35.5. The van der Waals surface area contributed by atoms with Gasteiger partial charge in [-0.05, 0) is 42.5 Å². The third kappa shape index (κ3) is 5.85. The second-order valence-electron chi connectivity index (χ2n) is 6.42. The molecule has 8 heteroatoms. The van der Waals surface area contributed by atoms with E-state index in [1.165, 1.54) is 7.11 Å². The molecular weight excluding hydrogens is 396 g/mol. The van der Waals surface area contributed by atoms with Crippen molar-refractivity contribution in [2.24, 2.45) is 0 Å². The predicted molar refractivity (Wildman–Crippen MR) is 111 cm³/mol. The molecule has 0 spiro atoms. The summed E-state index contributed by atoms with van der Waals surface area (Å²) in [6.45, 7) is 2.97. The number of nitrogens with zero attached hydrogens (tertiary/aromatic N) is 1. The van der Waals surface area contributed by atoms with Gasteiger partial charge >= 0.3 is 5.97 Å². The zero-order valence-corrected chi connectivity index (χ0v) is 16.9. The molecule has 29 heavy (non-hydrogen) atoms. The Labute approximate surface area is 174 Å². The number of methoxy groups -OCH3 is 1. The summed E-state index contributed by atoms with van der Waals surface area (Å²) in [6, 6.07) is 12.2. The minimum absolute atomic E-state index is 0.133. The fourth-order valence-electron chi connectivity index (χ4n) is 2.94. The summed E-state index contributed by atoms with van der Waals surface area (Å²) in [5.41, 5.74) is 1.60. The molecule has 0 aliphatic carbocycles. The number of ether oxygens (including phenoxy) is 3. The van der Waals surface area contributed by atoms with Crippen LogP contribution >= 0.6 is 11.6 Å². The Hall–Kier alpha value is -2.77. The molecule has 1 N–H and O–H groups in total. The van der Waals surface area contributed by atoms with Crippen LogP contribution in [0, 0.1) is 0 Å². The molecule has 0 saturated carbocycles. The van der Waals surface area contributed by atoms with Crippen molar-refractivity contribution in [1.82, 2.24) is 0 Å². The van der Waals surface area contributed by atoms with Gasteiger partial charge in [0.15, 0.2) is 0 Å². The van der Waals surface area contributed by atoms with E-state index in [0.717, 1.165) is 18.8 Å². The fraction of sp³-hybridized carbons (Fsp3) is 0.333. The number of benzene rings is 2. The minimum Gasteiger partial charge on any atom is -0.493 e. The third-order valence-corrected chi connectivity index (χ3v) is 4.72. The quantitative estimate of drug-likeness (QED) is 0.695. The number of anilines is 2. The Kier molecular flexibility index (Phi) is 7.32. The van der Waals surface area contributed by atoms with E-state index in [0.29, 0.717) is 35.2 Å². The van der Waals surface area contributed by atoms with Gasteiger partial charge in [-0.15, -0.1) is 0 Å². The molecule has 1 amide bonds. The topological polar surface area (TPSA) is 77.1 Å². The molecule has 154 valence electrons. The number of nitrogens with one attached hydrogen (secondary N) is 1. The summed E-state index contributed by atoms with van der Waals surface area (Å²) in [4.78, 5) is 26.7. The summed E-state index contributed by atoms with van der Waals surface area (Å²) in [6.07, 6.45) is 0.133. The average Bonchev–Trinajstić information content (AvgIpc) is 2.75. The van der Waals surface area contributed by atoms with Crippen molar-refractivity contribution in [2.75, 3.05) is 50.2 Å². The molecule has 1 aliphatic rings. The Morgan fingerprint density at radius 3 is 2.55 bits per heavy atom. The first kappa shape index (κ1) is 21.0. The van der Waals surface area contributed by atoms with Gasteiger partial charge in [-0.3, -0.25) is 4.79 Å². The van der Waals surface area contributed by atoms with Crippen LogP contribution in [0.1, 0.15) is 16.8 Å². The molecule has 1 heterocycles. The monoisotopic (exact) mass is 418 g/mol. The number of carbonyl (C=O) groups is 2. The number of morpholine rings is 1. The van der Waals surface area contributed by atoms with E-state index >= 15 is 0 Å². The number of carbonyl (C=O) groups excluding carboxylic acids is 2. The molecule has 0 radical (unpaired) electrons. The predicted octanol–water partition coefficient (Wildman–Crippen LogP) is 3.37. The van der Waals surface area contributed by atoms with Crippen LogP contribution in [0.5, 0.6) is 5.75 Å². The van der Waals surface area contributed by atoms with Gasteiger partial charge in [0.05, 0.1) is 44.6 Å². The molecule has 0 bridgehead atoms. The highest BCUT2D eigenvalue weighted by Crippen LogP contribution is 2.25. The molecule has 1 fully saturated rings. The molecule has 7 nitrogen and oxygen atoms in total. The maximum atomic E-state index is 12.3. The Balaban J connectivity index is 1.62. The van der Waals surface area contributed by atoms with Crippen LogP contribution in [0.15, 0.2) is 42.5 Å². The lowest BCUT2D eigenvalue weighted by atomic mass is 10.1. The van der Waals surface area contributed by atoms with Crippen LogP contribution in [0.2, 0.25) is 5.02 Å². The van der Waals surface area contributed by atoms with Gasteiger partial charge in [0.2, 0.25) is 5.91 Å². The molecule has 1 aliphatic heterocycles. The second-order valence-corrected chi connectivity index (χ2v) is 6.86. The van der Waals surface area contributed by atoms with Crippen molar-refractivity contribution in [3.05, 3.63) is 53.1 Å². The standard InChI is InChI=1S/C21H23ClN2O5/c1-27-21(26)18-14-16(24-9-12-28-13-10-24)4-7-19(18)23-20(25)8-11-29-17-5-2-15(22)3-6-17/h2-7,14H,8-13H2,1H3,(H,23,25). The van der Waals surface area contributed by atoms with E-state index in [1.54, 1.807) is 36.4 Å². The van der Waals surface area contributed by atoms with Gasteiger partial charge in [0.25, 0.3) is 0 Å². The first-order valence-corrected chi connectivity index (χ1v) is 9.68. The first-order valence-electron chi connectivity index (χ1n) is 9.30. The number of hydrogen-bond acceptors (Lipinski definition) is 6. The van der Waals surface area contributed by atoms with E-state index in [1.807, 2.05) is 6.07 Å². The molecular formula is C21H23ClN2O5. The first-order chi connectivity index (χ1) is 14.1. The maximum absolute atomic E-state index is 12.3. The van der Waals surface area contributed by atoms with Gasteiger partial charge in [0, 0.05) is 23.8 Å². The Bertz CT molecular complexity index is 851. The van der Waals surface area contributed by atoms with Crippen LogP contribution in [-0.4, -0.2) is 51.9 Å². The zero-order chi connectivity index (χ0) is 20.6. The fourth-order valence-corrected chi connectivity index (χ4v) is 3.07. The molecule has 1 saturated heterocycles. The van der Waals surface area contributed by atoms with E-state index in [9.17, 15) is 9.59 Å². The van der Waals surface area contributed by atoms with Crippen LogP contribution in [-0.2, 0) is 14.3 Å². The highest BCUT2D eigenvalue weighted by Gasteiger charge is 2.18. The molecule has 0 unspecified atom stereocenters. The number of hydrogen-bond donors (Lipinski definition) is 1. The molecule has 3 rings (SSSR count). The van der Waals surface area contributed by atoms with E-state index in [-0.39, 0.29) is 18.9 Å². The van der Waals surface area contributed by atoms with Crippen molar-refractivity contribution in [2.45, 2.75) is 6.42 Å². The van der Waals surface area contributed by atoms with Gasteiger partial charge in [-0.2, -0.15) is 0 Å². The van der Waals surface area contributed by atoms with Gasteiger partial charge in [-0.1, -0.05) is 11.6 Å². The Morgan fingerprint density at radius 2 is 1.86 bits per heavy atom. The SMILES string of the molecule is COC(=O)c1cc(N2CCOCC2)ccc1NC(=O)CCOc1ccc(Cl)cc1. The normalized spacial score (nSPS) is 13.7. The lowest BCUT2D eigenvalue weighted by molar-refractivity contribution is -0.116. The van der Waals surface area contributed by atoms with Crippen molar-refractivity contribution in [1.29, 1.82) is 0 Å². The van der Waals surface area contributed by atoms with Crippen LogP contribution in [0.4, 0.5) is 11.4 Å². The van der Waals surface area contributed by atoms with Crippen molar-refractivity contribution in [3.8, 4) is 5.75 Å². The average molecular weight is 419 g/mol. The molecule has 2 aromatic rings. The van der Waals surface area contributed by atoms with Crippen molar-refractivity contribution < 1.29 is 23.8 Å². The summed E-state index contributed by atoms with van der Waals surface area (Å²) < 4.78 is 15.8. The lowest BCUT2D eigenvalue weighted by Crippen LogP contribution is -2.36. The number of rotatable bonds is 7. The lowest BCUT2D eigenvalue weighted by Gasteiger charge is -2.29. The second kappa shape index (κ2) is 10.1. The third-order valence-electron chi connectivity index (χ3n) is 4.47. The summed E-state index contributed by atoms with van der Waals surface area (Å²) in [7, 11) is 1.31. The van der Waals surface area contributed by atoms with Gasteiger partial charge < -0.3 is 24.4 Å². The molecule has 0 aromatic heterocycles. The smallest absolute Gasteiger partial charge is 0.340 e. The van der Waals surface area contributed by atoms with Gasteiger partial charge in [0.1, 0.15) is 5.75 Å². The number of amides is 1. The minimum atomic E-state index is -0.507. The van der Waals surface area contributed by atoms with Crippen LogP contribution in [0.25, 0.3) is 0 Å². The van der Waals surface area contributed by atoms with E-state index < -0.39 is 5.97 Å². The Morgan fingerprint density at radius 1 is 1.14 bits per heavy atom. The van der Waals surface area contributed by atoms with E-state index in [2.05, 4.69) is 10.2 Å². The number of esters is 1. The largest absolute Gasteiger partial charge is 0.493 e. The van der Waals surface area contributed by atoms with Crippen molar-refractivity contribution >= 4 is 34.9 Å². The summed E-state index contributed by atoms with van der Waals surface area (Å²) >= 11 is 5.83. The maximum Gasteiger partial charge on any atom is 0.340 e. The van der Waals surface area contributed by atoms with Crippen LogP contribution in [0.3, 0.4) is 0 Å². The van der Waals surface area contributed by atoms with Gasteiger partial charge in [-0.25, -0.2) is 4.79 Å². The number of halogens is 1.